The van der Waals surface area contributed by atoms with Gasteiger partial charge in [-0.1, -0.05) is 211 Å². The van der Waals surface area contributed by atoms with Crippen LogP contribution in [0.15, 0.2) is 296 Å². The summed E-state index contributed by atoms with van der Waals surface area (Å²) in [6.45, 7) is 13.6. The van der Waals surface area contributed by atoms with E-state index in [1.54, 1.807) is 0 Å². The second-order valence-corrected chi connectivity index (χ2v) is 24.8. The van der Waals surface area contributed by atoms with Gasteiger partial charge in [-0.15, -0.1) is 0 Å². The van der Waals surface area contributed by atoms with E-state index in [4.69, 9.17) is 16.0 Å². The summed E-state index contributed by atoms with van der Waals surface area (Å²) >= 11 is 8.62. The van der Waals surface area contributed by atoms with Gasteiger partial charge in [-0.25, -0.2) is 0 Å². The van der Waals surface area contributed by atoms with Gasteiger partial charge in [0.05, 0.1) is 38.8 Å². The Kier molecular flexibility index (Phi) is 14.0. The van der Waals surface area contributed by atoms with Crippen molar-refractivity contribution in [3.63, 3.8) is 0 Å². The zero-order valence-corrected chi connectivity index (χ0v) is 50.5. The zero-order chi connectivity index (χ0) is 59.4. The van der Waals surface area contributed by atoms with Gasteiger partial charge in [0.25, 0.3) is 0 Å². The second-order valence-electron chi connectivity index (χ2n) is 24.4. The summed E-state index contributed by atoms with van der Waals surface area (Å²) in [5.74, 6) is 0. The molecule has 0 radical (unpaired) electrons. The molecule has 0 aliphatic carbocycles. The lowest BCUT2D eigenvalue weighted by molar-refractivity contribution is 0.590. The summed E-state index contributed by atoms with van der Waals surface area (Å²) in [4.78, 5) is 9.35. The maximum atomic E-state index is 8.62. The molecule has 2 aromatic heterocycles. The number of nitrogens with zero attached hydrogens (tertiary/aromatic N) is 5. The molecule has 0 aliphatic heterocycles. The Morgan fingerprint density at radius 1 is 0.299 bits per heavy atom. The molecule has 12 aromatic carbocycles. The maximum Gasteiger partial charge on any atom is 0.159 e. The molecular formula is C80H66ClN5O. The third-order valence-corrected chi connectivity index (χ3v) is 17.1. The van der Waals surface area contributed by atoms with E-state index in [2.05, 4.69) is 351 Å². The molecule has 0 aliphatic rings. The van der Waals surface area contributed by atoms with Crippen LogP contribution in [0.2, 0.25) is 5.02 Å². The lowest BCUT2D eigenvalue weighted by Crippen LogP contribution is -2.18. The highest BCUT2D eigenvalue weighted by molar-refractivity contribution is 6.37. The number of hydrogen-bond acceptors (Lipinski definition) is 5. The summed E-state index contributed by atoms with van der Waals surface area (Å²) < 4.78 is 9.43. The summed E-state index contributed by atoms with van der Waals surface area (Å²) in [5.41, 5.74) is 18.1. The molecule has 424 valence electrons. The van der Waals surface area contributed by atoms with Gasteiger partial charge < -0.3 is 28.6 Å². The van der Waals surface area contributed by atoms with E-state index in [0.29, 0.717) is 5.02 Å². The fraction of sp³-hybridized carbons (Fsp3) is 0.100. The first-order valence-corrected chi connectivity index (χ1v) is 30.2. The van der Waals surface area contributed by atoms with Gasteiger partial charge in [0.15, 0.2) is 5.58 Å². The van der Waals surface area contributed by atoms with Crippen molar-refractivity contribution in [2.24, 2.45) is 0 Å². The largest absolute Gasteiger partial charge is 0.454 e. The van der Waals surface area contributed by atoms with Gasteiger partial charge in [-0.3, -0.25) is 0 Å². The Hall–Kier alpha value is -10.3. The van der Waals surface area contributed by atoms with Crippen LogP contribution >= 0.6 is 11.6 Å². The number of furan rings is 1. The molecule has 2 heterocycles. The van der Waals surface area contributed by atoms with E-state index in [-0.39, 0.29) is 10.8 Å². The number of anilines is 12. The fourth-order valence-corrected chi connectivity index (χ4v) is 12.6. The molecule has 7 heteroatoms. The third kappa shape index (κ3) is 10.2. The van der Waals surface area contributed by atoms with E-state index in [9.17, 15) is 0 Å². The van der Waals surface area contributed by atoms with Crippen LogP contribution in [0.5, 0.6) is 0 Å². The summed E-state index contributed by atoms with van der Waals surface area (Å²) in [5, 5.41) is 4.87. The summed E-state index contributed by atoms with van der Waals surface area (Å²) in [7, 11) is 0. The molecule has 87 heavy (non-hydrogen) atoms. The minimum atomic E-state index is -0.105. The summed E-state index contributed by atoms with van der Waals surface area (Å²) in [6, 6.07) is 104. The van der Waals surface area contributed by atoms with Crippen molar-refractivity contribution in [1.82, 2.24) is 4.57 Å². The predicted octanol–water partition coefficient (Wildman–Crippen LogP) is 23.8. The van der Waals surface area contributed by atoms with Crippen molar-refractivity contribution in [1.29, 1.82) is 0 Å². The van der Waals surface area contributed by atoms with Crippen molar-refractivity contribution in [3.05, 3.63) is 307 Å². The van der Waals surface area contributed by atoms with E-state index in [0.717, 1.165) is 118 Å². The van der Waals surface area contributed by atoms with Gasteiger partial charge in [0.1, 0.15) is 5.58 Å². The van der Waals surface area contributed by atoms with Crippen molar-refractivity contribution < 1.29 is 4.42 Å². The Bertz CT molecular complexity index is 4640. The standard InChI is InChI=1S/C80H66ClN5O/c1-79(2,3)55-42-46-61(47-43-55)84(64-35-25-34-63(50-64)82(57-26-11-7-12-27-57)58-28-13-8-14-29-58)73-52-66(83(59-30-15-9-16-31-59)60-32-17-10-18-33-60)53-74(77(73)81)85(62-48-44-56(45-49-62)80(4,5)6)65-51-70-69-38-21-24-41-76(69)87-78(70)75(54-65)86-71-39-22-19-36-67(71)68-37-20-23-40-72(68)86/h7-54H,1-6H3. The number of aromatic nitrogens is 1. The molecule has 6 nitrogen and oxygen atoms in total. The molecule has 0 saturated heterocycles. The number of halogens is 1. The quantitative estimate of drug-likeness (QED) is 0.115. The monoisotopic (exact) mass is 1150 g/mol. The highest BCUT2D eigenvalue weighted by Crippen LogP contribution is 2.53. The SMILES string of the molecule is CC(C)(C)c1ccc(N(c2cccc(N(c3ccccc3)c3ccccc3)c2)c2cc(N(c3ccccc3)c3ccccc3)cc(N(c3ccc(C(C)(C)C)cc3)c3cc(-n4c5ccccc5c5ccccc54)c4oc5ccccc5c4c3)c2Cl)cc1. The lowest BCUT2D eigenvalue weighted by atomic mass is 9.87. The number of benzene rings is 12. The molecule has 14 aromatic rings. The Labute approximate surface area is 514 Å². The van der Waals surface area contributed by atoms with Crippen molar-refractivity contribution in [2.45, 2.75) is 52.4 Å². The molecule has 0 spiro atoms. The second kappa shape index (κ2) is 22.3. The van der Waals surface area contributed by atoms with Gasteiger partial charge in [0.2, 0.25) is 0 Å². The topological polar surface area (TPSA) is 31.0 Å². The van der Waals surface area contributed by atoms with Gasteiger partial charge in [0, 0.05) is 72.7 Å². The minimum absolute atomic E-state index is 0.0890. The van der Waals surface area contributed by atoms with Crippen LogP contribution < -0.4 is 19.6 Å². The van der Waals surface area contributed by atoms with E-state index >= 15 is 0 Å². The van der Waals surface area contributed by atoms with E-state index < -0.39 is 0 Å². The molecule has 0 saturated carbocycles. The average molecular weight is 1150 g/mol. The fourth-order valence-electron chi connectivity index (χ4n) is 12.4. The molecule has 0 atom stereocenters. The normalized spacial score (nSPS) is 11.9. The van der Waals surface area contributed by atoms with Gasteiger partial charge in [-0.05, 0) is 155 Å². The van der Waals surface area contributed by atoms with Gasteiger partial charge >= 0.3 is 0 Å². The Morgan fingerprint density at radius 3 is 1.11 bits per heavy atom. The van der Waals surface area contributed by atoms with Crippen LogP contribution in [-0.2, 0) is 10.8 Å². The lowest BCUT2D eigenvalue weighted by Gasteiger charge is -2.35. The minimum Gasteiger partial charge on any atom is -0.454 e. The average Bonchev–Trinajstić information content (AvgIpc) is 2.49. The first-order chi connectivity index (χ1) is 42.4. The highest BCUT2D eigenvalue weighted by Gasteiger charge is 2.30. The van der Waals surface area contributed by atoms with Crippen molar-refractivity contribution in [3.8, 4) is 5.69 Å². The molecular weight excluding hydrogens is 1080 g/mol. The molecule has 14 rings (SSSR count). The van der Waals surface area contributed by atoms with E-state index in [1.807, 2.05) is 6.07 Å². The van der Waals surface area contributed by atoms with Crippen LogP contribution in [0.3, 0.4) is 0 Å². The number of rotatable bonds is 13. The molecule has 0 N–H and O–H groups in total. The zero-order valence-electron chi connectivity index (χ0n) is 49.7. The first kappa shape index (κ1) is 54.7. The van der Waals surface area contributed by atoms with Crippen molar-refractivity contribution >= 4 is 124 Å². The maximum absolute atomic E-state index is 8.62. The first-order valence-electron chi connectivity index (χ1n) is 29.8. The Balaban J connectivity index is 1.10. The third-order valence-electron chi connectivity index (χ3n) is 16.7. The van der Waals surface area contributed by atoms with Crippen molar-refractivity contribution in [2.75, 3.05) is 19.6 Å². The molecule has 0 fully saturated rings. The highest BCUT2D eigenvalue weighted by atomic mass is 35.5. The number of fused-ring (bicyclic) bond motifs is 6. The van der Waals surface area contributed by atoms with Crippen LogP contribution in [-0.4, -0.2) is 4.57 Å². The molecule has 0 unspecified atom stereocenters. The Morgan fingerprint density at radius 2 is 0.655 bits per heavy atom. The predicted molar refractivity (Wildman–Crippen MR) is 369 cm³/mol. The van der Waals surface area contributed by atoms with Crippen LogP contribution in [0, 0.1) is 0 Å². The van der Waals surface area contributed by atoms with Gasteiger partial charge in [-0.2, -0.15) is 0 Å². The van der Waals surface area contributed by atoms with Crippen LogP contribution in [0.4, 0.5) is 68.2 Å². The molecule has 0 amide bonds. The van der Waals surface area contributed by atoms with Crippen LogP contribution in [0.25, 0.3) is 49.4 Å². The molecule has 0 bridgehead atoms. The van der Waals surface area contributed by atoms with Crippen LogP contribution in [0.1, 0.15) is 52.7 Å². The number of hydrogen-bond donors (Lipinski definition) is 0. The smallest absolute Gasteiger partial charge is 0.159 e. The summed E-state index contributed by atoms with van der Waals surface area (Å²) in [6.07, 6.45) is 0. The number of para-hydroxylation sites is 7. The van der Waals surface area contributed by atoms with E-state index in [1.165, 1.54) is 11.1 Å².